The van der Waals surface area contributed by atoms with Gasteiger partial charge in [-0.2, -0.15) is 0 Å². The molecule has 1 unspecified atom stereocenters. The third kappa shape index (κ3) is 15.2. The van der Waals surface area contributed by atoms with E-state index in [9.17, 15) is 8.42 Å². The predicted octanol–water partition coefficient (Wildman–Crippen LogP) is 4.90. The normalized spacial score (nSPS) is 14.9. The molecule has 0 aliphatic carbocycles. The second kappa shape index (κ2) is 20.7. The Labute approximate surface area is 199 Å². The van der Waals surface area contributed by atoms with Crippen LogP contribution in [0, 0.1) is 0 Å². The van der Waals surface area contributed by atoms with Crippen molar-refractivity contribution in [3.05, 3.63) is 41.8 Å². The fourth-order valence-electron chi connectivity index (χ4n) is 1.79. The van der Waals surface area contributed by atoms with E-state index in [2.05, 4.69) is 40.1 Å². The van der Waals surface area contributed by atoms with E-state index >= 15 is 0 Å². The molecular weight excluding hydrogens is 529 g/mol. The third-order valence-electron chi connectivity index (χ3n) is 3.13. The van der Waals surface area contributed by atoms with Gasteiger partial charge < -0.3 is 4.55 Å². The summed E-state index contributed by atoms with van der Waals surface area (Å²) >= 11 is -1.93. The average molecular weight is 546 g/mol. The number of rotatable bonds is 19. The van der Waals surface area contributed by atoms with Gasteiger partial charge in [0.2, 0.25) is 0 Å². The van der Waals surface area contributed by atoms with Crippen LogP contribution < -0.4 is 0 Å². The molecule has 0 bridgehead atoms. The van der Waals surface area contributed by atoms with Crippen LogP contribution in [-0.2, 0) is 22.7 Å². The monoisotopic (exact) mass is 545 g/mol. The van der Waals surface area contributed by atoms with Crippen LogP contribution in [0.1, 0.15) is 0 Å². The summed E-state index contributed by atoms with van der Waals surface area (Å²) in [7, 11) is 5.80. The largest absolute Gasteiger partial charge is 0.306 e. The summed E-state index contributed by atoms with van der Waals surface area (Å²) in [6, 6.07) is -3.01. The molecule has 0 rings (SSSR count). The van der Waals surface area contributed by atoms with Crippen LogP contribution in [0.3, 0.4) is 0 Å². The molecule has 0 saturated carbocycles. The van der Waals surface area contributed by atoms with Crippen LogP contribution >= 0.6 is 43.2 Å². The Morgan fingerprint density at radius 1 is 0.710 bits per heavy atom. The van der Waals surface area contributed by atoms with Crippen LogP contribution in [-0.4, -0.2) is 71.7 Å². The van der Waals surface area contributed by atoms with E-state index in [0.717, 1.165) is 5.75 Å². The molecule has 0 spiro atoms. The maximum atomic E-state index is 11.0. The topological polar surface area (TPSA) is 249 Å². The first-order chi connectivity index (χ1) is 15.0. The molecule has 15 nitrogen and oxygen atoms in total. The highest BCUT2D eigenvalue weighted by molar-refractivity contribution is 8.78. The highest BCUT2D eigenvalue weighted by Gasteiger charge is 2.22. The first kappa shape index (κ1) is 29.8. The molecule has 0 aliphatic heterocycles. The molecule has 1 radical (unpaired) electrons. The lowest BCUT2D eigenvalue weighted by atomic mass is 10.2. The minimum absolute atomic E-state index is 0.0124. The molecule has 31 heavy (non-hydrogen) atoms. The number of nitrogens with zero attached hydrogens (tertiary/aromatic N) is 12. The van der Waals surface area contributed by atoms with Gasteiger partial charge in [-0.05, 0) is 22.1 Å². The molecule has 0 aromatic carbocycles. The second-order valence-corrected chi connectivity index (χ2v) is 11.9. The number of hydrogen-bond acceptors (Lipinski definition) is 10. The second-order valence-electron chi connectivity index (χ2n) is 5.07. The van der Waals surface area contributed by atoms with Crippen molar-refractivity contribution in [2.24, 2.45) is 20.5 Å². The van der Waals surface area contributed by atoms with Gasteiger partial charge in [0.15, 0.2) is 11.1 Å². The Balaban J connectivity index is 4.36. The van der Waals surface area contributed by atoms with Gasteiger partial charge in [0, 0.05) is 42.7 Å². The van der Waals surface area contributed by atoms with Crippen molar-refractivity contribution < 1.29 is 13.0 Å². The molecule has 0 fully saturated rings. The fraction of sp³-hybridized carbons (Fsp3) is 1.00. The minimum Gasteiger partial charge on any atom is -0.306 e. The van der Waals surface area contributed by atoms with Crippen molar-refractivity contribution in [2.45, 2.75) is 24.2 Å². The molecule has 0 aromatic rings. The average Bonchev–Trinajstić information content (AvgIpc) is 2.73. The van der Waals surface area contributed by atoms with E-state index in [0.29, 0.717) is 17.3 Å². The number of azide groups is 4. The first-order valence-electron chi connectivity index (χ1n) is 8.01. The molecule has 21 heteroatoms. The van der Waals surface area contributed by atoms with E-state index in [1.54, 1.807) is 0 Å². The zero-order valence-corrected chi connectivity index (χ0v) is 20.5. The molecular formula is C10H17N12O3S6. The standard InChI is InChI=1S/C10H17N12O3S6/c11-19-15-7(3-26-23)8(16-20-12)4-29-27-1-2-28-30-5-9(17-21-13)10(18-22-14)6-31(24)25/h7-10H,1-6H2,(H,24,25)/t7-,8-,9-,10-/m1/s1. The van der Waals surface area contributed by atoms with Crippen molar-refractivity contribution in [3.8, 4) is 0 Å². The zero-order valence-electron chi connectivity index (χ0n) is 15.6. The Bertz CT molecular complexity index is 764. The van der Waals surface area contributed by atoms with Gasteiger partial charge in [-0.1, -0.05) is 63.6 Å². The summed E-state index contributed by atoms with van der Waals surface area (Å²) in [6.45, 7) is 0. The Morgan fingerprint density at radius 2 is 1.10 bits per heavy atom. The van der Waals surface area contributed by atoms with E-state index in [4.69, 9.17) is 26.7 Å². The summed E-state index contributed by atoms with van der Waals surface area (Å²) in [5, 5.41) is 14.1. The maximum absolute atomic E-state index is 11.0. The third-order valence-corrected chi connectivity index (χ3v) is 9.34. The van der Waals surface area contributed by atoms with Gasteiger partial charge in [0.05, 0.1) is 47.3 Å². The molecule has 0 aliphatic rings. The smallest absolute Gasteiger partial charge is 0.153 e. The molecule has 171 valence electrons. The molecule has 5 atom stereocenters. The van der Waals surface area contributed by atoms with E-state index in [1.807, 2.05) is 0 Å². The van der Waals surface area contributed by atoms with Gasteiger partial charge in [0.1, 0.15) is 0 Å². The molecule has 1 N–H and O–H groups in total. The van der Waals surface area contributed by atoms with Gasteiger partial charge in [-0.3, -0.25) is 0 Å². The Hall–Kier alpha value is -1.23. The lowest BCUT2D eigenvalue weighted by molar-refractivity contribution is 0.540. The highest BCUT2D eigenvalue weighted by atomic mass is 33.1. The molecule has 0 heterocycles. The van der Waals surface area contributed by atoms with Crippen molar-refractivity contribution >= 4 is 65.9 Å². The quantitative estimate of drug-likeness (QED) is 0.0585. The van der Waals surface area contributed by atoms with Crippen molar-refractivity contribution in [2.75, 3.05) is 34.5 Å². The SMILES string of the molecule is [N-]=[N+]=N[C@H](CSSCCSSC[C@@H](N=[N+]=[N-])[C@@H](CS(=O)O)N=[N+]=[N-])[C@@H](C[S]=O)N=[N+]=[N-]. The zero-order chi connectivity index (χ0) is 23.3. The highest BCUT2D eigenvalue weighted by Crippen LogP contribution is 2.30. The van der Waals surface area contributed by atoms with Gasteiger partial charge in [-0.25, -0.2) is 8.42 Å². The summed E-state index contributed by atoms with van der Waals surface area (Å²) in [5.74, 6) is 1.80. The molecule has 0 aromatic heterocycles. The van der Waals surface area contributed by atoms with Crippen LogP contribution in [0.25, 0.3) is 41.8 Å². The van der Waals surface area contributed by atoms with Gasteiger partial charge in [-0.15, -0.1) is 0 Å². The van der Waals surface area contributed by atoms with Crippen molar-refractivity contribution in [1.29, 1.82) is 0 Å². The van der Waals surface area contributed by atoms with E-state index in [-0.39, 0.29) is 23.2 Å². The van der Waals surface area contributed by atoms with Crippen molar-refractivity contribution in [1.82, 2.24) is 0 Å². The van der Waals surface area contributed by atoms with Crippen molar-refractivity contribution in [3.63, 3.8) is 0 Å². The lowest BCUT2D eigenvalue weighted by Gasteiger charge is -2.16. The van der Waals surface area contributed by atoms with E-state index < -0.39 is 35.2 Å². The predicted molar refractivity (Wildman–Crippen MR) is 130 cm³/mol. The first-order valence-corrected chi connectivity index (χ1v) is 15.2. The maximum Gasteiger partial charge on any atom is 0.153 e. The van der Waals surface area contributed by atoms with Gasteiger partial charge >= 0.3 is 0 Å². The van der Waals surface area contributed by atoms with Crippen LogP contribution in [0.4, 0.5) is 0 Å². The fourth-order valence-corrected chi connectivity index (χ4v) is 7.97. The summed E-state index contributed by atoms with van der Waals surface area (Å²) in [6.07, 6.45) is 0. The summed E-state index contributed by atoms with van der Waals surface area (Å²) in [4.78, 5) is 10.8. The minimum atomic E-state index is -2.19. The Morgan fingerprint density at radius 3 is 1.48 bits per heavy atom. The summed E-state index contributed by atoms with van der Waals surface area (Å²) < 4.78 is 30.7. The van der Waals surface area contributed by atoms with Crippen LogP contribution in [0.5, 0.6) is 0 Å². The number of hydrogen-bond donors (Lipinski definition) is 1. The van der Waals surface area contributed by atoms with Crippen LogP contribution in [0.15, 0.2) is 20.5 Å². The summed E-state index contributed by atoms with van der Waals surface area (Å²) in [5.41, 5.74) is 34.5. The lowest BCUT2D eigenvalue weighted by Crippen LogP contribution is -2.29. The van der Waals surface area contributed by atoms with Crippen LogP contribution in [0.2, 0.25) is 0 Å². The molecule has 0 amide bonds. The molecule has 0 saturated heterocycles. The van der Waals surface area contributed by atoms with E-state index in [1.165, 1.54) is 43.2 Å². The van der Waals surface area contributed by atoms with Gasteiger partial charge in [0.25, 0.3) is 0 Å². The Kier molecular flexibility index (Phi) is 19.8.